The number of H-pyrrole nitrogens is 1. The van der Waals surface area contributed by atoms with E-state index in [2.05, 4.69) is 25.4 Å². The molecule has 0 radical (unpaired) electrons. The molecular formula is C15H16N6O. The lowest BCUT2D eigenvalue weighted by Crippen LogP contribution is -2.17. The van der Waals surface area contributed by atoms with Gasteiger partial charge in [-0.3, -0.25) is 9.48 Å². The van der Waals surface area contributed by atoms with E-state index in [0.29, 0.717) is 22.8 Å². The molecule has 0 bridgehead atoms. The molecule has 112 valence electrons. The second-order valence-corrected chi connectivity index (χ2v) is 5.61. The summed E-state index contributed by atoms with van der Waals surface area (Å²) in [7, 11) is 0. The molecule has 3 aromatic heterocycles. The van der Waals surface area contributed by atoms with E-state index in [1.807, 2.05) is 17.8 Å². The van der Waals surface area contributed by atoms with E-state index < -0.39 is 0 Å². The van der Waals surface area contributed by atoms with Gasteiger partial charge in [0.15, 0.2) is 0 Å². The highest BCUT2D eigenvalue weighted by atomic mass is 16.1. The van der Waals surface area contributed by atoms with E-state index in [-0.39, 0.29) is 5.91 Å². The number of hydrogen-bond acceptors (Lipinski definition) is 4. The summed E-state index contributed by atoms with van der Waals surface area (Å²) < 4.78 is 1.96. The number of anilines is 1. The van der Waals surface area contributed by atoms with Gasteiger partial charge < -0.3 is 10.3 Å². The number of nitrogens with one attached hydrogen (secondary N) is 2. The van der Waals surface area contributed by atoms with E-state index in [0.717, 1.165) is 24.2 Å². The van der Waals surface area contributed by atoms with Gasteiger partial charge in [-0.05, 0) is 32.3 Å². The van der Waals surface area contributed by atoms with Gasteiger partial charge in [0, 0.05) is 12.4 Å². The second-order valence-electron chi connectivity index (χ2n) is 5.61. The van der Waals surface area contributed by atoms with Crippen molar-refractivity contribution in [2.24, 2.45) is 0 Å². The van der Waals surface area contributed by atoms with E-state index in [1.54, 1.807) is 12.3 Å². The van der Waals surface area contributed by atoms with Crippen molar-refractivity contribution >= 4 is 22.6 Å². The SMILES string of the molecule is Cc1nn(C2CCC2)cc1NC(=O)c1ncnc2[nH]ccc12. The molecule has 0 spiro atoms. The molecule has 2 N–H and O–H groups in total. The molecule has 22 heavy (non-hydrogen) atoms. The maximum Gasteiger partial charge on any atom is 0.275 e. The third-order valence-electron chi connectivity index (χ3n) is 4.18. The molecule has 7 nitrogen and oxygen atoms in total. The van der Waals surface area contributed by atoms with Crippen LogP contribution < -0.4 is 5.32 Å². The van der Waals surface area contributed by atoms with Crippen LogP contribution in [0.1, 0.15) is 41.5 Å². The Labute approximate surface area is 126 Å². The molecule has 1 amide bonds. The molecule has 1 fully saturated rings. The van der Waals surface area contributed by atoms with Gasteiger partial charge in [-0.1, -0.05) is 0 Å². The molecule has 4 rings (SSSR count). The van der Waals surface area contributed by atoms with E-state index in [1.165, 1.54) is 12.7 Å². The Morgan fingerprint density at radius 3 is 3.05 bits per heavy atom. The summed E-state index contributed by atoms with van der Waals surface area (Å²) in [5, 5.41) is 8.11. The third kappa shape index (κ3) is 2.05. The summed E-state index contributed by atoms with van der Waals surface area (Å²) in [6, 6.07) is 2.27. The summed E-state index contributed by atoms with van der Waals surface area (Å²) in [6.45, 7) is 1.90. The van der Waals surface area contributed by atoms with Crippen molar-refractivity contribution in [3.05, 3.63) is 36.2 Å². The molecular weight excluding hydrogens is 280 g/mol. The van der Waals surface area contributed by atoms with Crippen LogP contribution in [0, 0.1) is 6.92 Å². The summed E-state index contributed by atoms with van der Waals surface area (Å²) in [5.41, 5.74) is 2.57. The third-order valence-corrected chi connectivity index (χ3v) is 4.18. The van der Waals surface area contributed by atoms with E-state index >= 15 is 0 Å². The zero-order valence-corrected chi connectivity index (χ0v) is 12.2. The Kier molecular flexibility index (Phi) is 2.92. The van der Waals surface area contributed by atoms with Crippen LogP contribution in [0.4, 0.5) is 5.69 Å². The first kappa shape index (κ1) is 13.0. The van der Waals surface area contributed by atoms with Crippen LogP contribution in [-0.4, -0.2) is 30.6 Å². The number of rotatable bonds is 3. The van der Waals surface area contributed by atoms with Crippen LogP contribution in [0.15, 0.2) is 24.8 Å². The van der Waals surface area contributed by atoms with Crippen molar-refractivity contribution < 1.29 is 4.79 Å². The minimum Gasteiger partial charge on any atom is -0.346 e. The maximum absolute atomic E-state index is 12.5. The number of aryl methyl sites for hydroxylation is 1. The largest absolute Gasteiger partial charge is 0.346 e. The first-order chi connectivity index (χ1) is 10.7. The topological polar surface area (TPSA) is 88.5 Å². The number of aromatic amines is 1. The summed E-state index contributed by atoms with van der Waals surface area (Å²) >= 11 is 0. The lowest BCUT2D eigenvalue weighted by Gasteiger charge is -2.25. The van der Waals surface area contributed by atoms with Gasteiger partial charge in [0.25, 0.3) is 5.91 Å². The number of fused-ring (bicyclic) bond motifs is 1. The molecule has 0 aliphatic heterocycles. The lowest BCUT2D eigenvalue weighted by atomic mass is 9.93. The molecule has 1 saturated carbocycles. The normalized spacial score (nSPS) is 15.0. The van der Waals surface area contributed by atoms with Gasteiger partial charge in [0.05, 0.1) is 22.8 Å². The molecule has 3 heterocycles. The maximum atomic E-state index is 12.5. The van der Waals surface area contributed by atoms with Crippen molar-refractivity contribution in [3.63, 3.8) is 0 Å². The number of carbonyl (C=O) groups excluding carboxylic acids is 1. The fourth-order valence-corrected chi connectivity index (χ4v) is 2.68. The van der Waals surface area contributed by atoms with Gasteiger partial charge in [-0.15, -0.1) is 0 Å². The van der Waals surface area contributed by atoms with Crippen molar-refractivity contribution in [3.8, 4) is 0 Å². The average molecular weight is 296 g/mol. The van der Waals surface area contributed by atoms with Gasteiger partial charge in [0.1, 0.15) is 17.7 Å². The van der Waals surface area contributed by atoms with Crippen LogP contribution in [-0.2, 0) is 0 Å². The summed E-state index contributed by atoms with van der Waals surface area (Å²) in [5.74, 6) is -0.247. The first-order valence-corrected chi connectivity index (χ1v) is 7.37. The molecule has 0 atom stereocenters. The monoisotopic (exact) mass is 296 g/mol. The molecule has 3 aromatic rings. The Balaban J connectivity index is 1.61. The van der Waals surface area contributed by atoms with Crippen LogP contribution in [0.2, 0.25) is 0 Å². The Bertz CT molecular complexity index is 845. The van der Waals surface area contributed by atoms with Crippen LogP contribution in [0.5, 0.6) is 0 Å². The number of hydrogen-bond donors (Lipinski definition) is 2. The zero-order valence-electron chi connectivity index (χ0n) is 12.2. The molecule has 1 aliphatic carbocycles. The van der Waals surface area contributed by atoms with Crippen molar-refractivity contribution in [1.82, 2.24) is 24.7 Å². The van der Waals surface area contributed by atoms with Crippen LogP contribution in [0.3, 0.4) is 0 Å². The highest BCUT2D eigenvalue weighted by Gasteiger charge is 2.22. The Hall–Kier alpha value is -2.70. The number of nitrogens with zero attached hydrogens (tertiary/aromatic N) is 4. The number of aromatic nitrogens is 5. The van der Waals surface area contributed by atoms with Gasteiger partial charge in [-0.2, -0.15) is 5.10 Å². The number of amides is 1. The fraction of sp³-hybridized carbons (Fsp3) is 0.333. The van der Waals surface area contributed by atoms with Crippen LogP contribution >= 0.6 is 0 Å². The fourth-order valence-electron chi connectivity index (χ4n) is 2.68. The van der Waals surface area contributed by atoms with Crippen molar-refractivity contribution in [2.45, 2.75) is 32.2 Å². The standard InChI is InChI=1S/C15H16N6O/c1-9-12(7-21(20-9)10-3-2-4-10)19-15(22)13-11-5-6-16-14(11)18-8-17-13/h5-8,10H,2-4H2,1H3,(H,19,22)(H,16,17,18). The second kappa shape index (κ2) is 4.94. The van der Waals surface area contributed by atoms with E-state index in [4.69, 9.17) is 0 Å². The minimum absolute atomic E-state index is 0.247. The van der Waals surface area contributed by atoms with Gasteiger partial charge in [-0.25, -0.2) is 9.97 Å². The molecule has 0 unspecified atom stereocenters. The highest BCUT2D eigenvalue weighted by Crippen LogP contribution is 2.32. The zero-order chi connectivity index (χ0) is 15.1. The van der Waals surface area contributed by atoms with Gasteiger partial charge in [0.2, 0.25) is 0 Å². The molecule has 0 aromatic carbocycles. The first-order valence-electron chi connectivity index (χ1n) is 7.37. The Morgan fingerprint density at radius 2 is 2.27 bits per heavy atom. The predicted octanol–water partition coefficient (Wildman–Crippen LogP) is 2.44. The minimum atomic E-state index is -0.247. The molecule has 0 saturated heterocycles. The number of carbonyl (C=O) groups is 1. The average Bonchev–Trinajstić information content (AvgIpc) is 3.04. The highest BCUT2D eigenvalue weighted by molar-refractivity contribution is 6.10. The Morgan fingerprint density at radius 1 is 1.41 bits per heavy atom. The van der Waals surface area contributed by atoms with Crippen LogP contribution in [0.25, 0.3) is 11.0 Å². The molecule has 7 heteroatoms. The smallest absolute Gasteiger partial charge is 0.275 e. The summed E-state index contributed by atoms with van der Waals surface area (Å²) in [4.78, 5) is 23.7. The van der Waals surface area contributed by atoms with Gasteiger partial charge >= 0.3 is 0 Å². The van der Waals surface area contributed by atoms with E-state index in [9.17, 15) is 4.79 Å². The lowest BCUT2D eigenvalue weighted by molar-refractivity contribution is 0.102. The van der Waals surface area contributed by atoms with Crippen molar-refractivity contribution in [2.75, 3.05) is 5.32 Å². The quantitative estimate of drug-likeness (QED) is 0.777. The molecule has 1 aliphatic rings. The van der Waals surface area contributed by atoms with Crippen molar-refractivity contribution in [1.29, 1.82) is 0 Å². The summed E-state index contributed by atoms with van der Waals surface area (Å²) in [6.07, 6.45) is 8.60. The predicted molar refractivity (Wildman–Crippen MR) is 81.7 cm³/mol.